The summed E-state index contributed by atoms with van der Waals surface area (Å²) in [6.07, 6.45) is 9.08. The Morgan fingerprint density at radius 2 is 2.00 bits per heavy atom. The maximum atomic E-state index is 3.93. The average Bonchev–Trinajstić information content (AvgIpc) is 2.62. The van der Waals surface area contributed by atoms with Crippen molar-refractivity contribution in [3.8, 4) is 0 Å². The third-order valence-electron chi connectivity index (χ3n) is 3.03. The lowest BCUT2D eigenvalue weighted by molar-refractivity contribution is 0.461. The highest BCUT2D eigenvalue weighted by Gasteiger charge is 2.11. The first kappa shape index (κ1) is 10.5. The van der Waals surface area contributed by atoms with E-state index in [9.17, 15) is 0 Å². The van der Waals surface area contributed by atoms with Crippen LogP contribution in [0, 0.1) is 0 Å². The van der Waals surface area contributed by atoms with Gasteiger partial charge in [0.2, 0.25) is 0 Å². The van der Waals surface area contributed by atoms with E-state index >= 15 is 0 Å². The first-order valence-electron chi connectivity index (χ1n) is 5.91. The van der Waals surface area contributed by atoms with Crippen LogP contribution in [0.1, 0.15) is 44.3 Å². The van der Waals surface area contributed by atoms with Crippen molar-refractivity contribution in [3.05, 3.63) is 5.82 Å². The molecule has 84 valence electrons. The molecule has 0 aromatic carbocycles. The van der Waals surface area contributed by atoms with Gasteiger partial charge in [0.1, 0.15) is 0 Å². The highest BCUT2D eigenvalue weighted by Crippen LogP contribution is 2.16. The van der Waals surface area contributed by atoms with Crippen LogP contribution in [0.2, 0.25) is 0 Å². The summed E-state index contributed by atoms with van der Waals surface area (Å²) in [6.45, 7) is 0.962. The summed E-state index contributed by atoms with van der Waals surface area (Å²) in [4.78, 5) is 0. The summed E-state index contributed by atoms with van der Waals surface area (Å²) in [5.74, 6) is 0.802. The van der Waals surface area contributed by atoms with Crippen molar-refractivity contribution in [2.24, 2.45) is 0 Å². The van der Waals surface area contributed by atoms with Gasteiger partial charge in [0, 0.05) is 19.0 Å². The summed E-state index contributed by atoms with van der Waals surface area (Å²) in [5.41, 5.74) is 0. The number of rotatable bonds is 4. The SMILES string of the molecule is C1CCCC(NCCc2nn[nH]n2)CC1. The standard InChI is InChI=1S/C10H19N5/c1-2-4-6-9(5-3-1)11-8-7-10-12-14-15-13-10/h9,11H,1-8H2,(H,12,13,14,15). The smallest absolute Gasteiger partial charge is 0.175 e. The molecule has 5 heteroatoms. The minimum atomic E-state index is 0.708. The molecule has 2 rings (SSSR count). The first-order chi connectivity index (χ1) is 7.45. The van der Waals surface area contributed by atoms with Gasteiger partial charge in [-0.1, -0.05) is 30.9 Å². The number of aromatic amines is 1. The number of nitrogens with one attached hydrogen (secondary N) is 2. The molecule has 15 heavy (non-hydrogen) atoms. The van der Waals surface area contributed by atoms with Gasteiger partial charge in [-0.3, -0.25) is 0 Å². The Kier molecular flexibility index (Phi) is 4.08. The fourth-order valence-corrected chi connectivity index (χ4v) is 2.16. The number of nitrogens with zero attached hydrogens (tertiary/aromatic N) is 3. The van der Waals surface area contributed by atoms with Crippen LogP contribution < -0.4 is 5.32 Å². The fourth-order valence-electron chi connectivity index (χ4n) is 2.16. The Morgan fingerprint density at radius 1 is 1.20 bits per heavy atom. The molecule has 1 aromatic rings. The molecule has 0 bridgehead atoms. The van der Waals surface area contributed by atoms with Gasteiger partial charge in [0.25, 0.3) is 0 Å². The van der Waals surface area contributed by atoms with Crippen LogP contribution in [0.15, 0.2) is 0 Å². The lowest BCUT2D eigenvalue weighted by Crippen LogP contribution is -2.30. The molecule has 0 radical (unpaired) electrons. The normalized spacial score (nSPS) is 18.9. The van der Waals surface area contributed by atoms with Crippen molar-refractivity contribution in [2.75, 3.05) is 6.54 Å². The summed E-state index contributed by atoms with van der Waals surface area (Å²) in [6, 6.07) is 0.708. The second-order valence-corrected chi connectivity index (χ2v) is 4.22. The number of tetrazole rings is 1. The minimum absolute atomic E-state index is 0.708. The molecule has 0 atom stereocenters. The molecule has 0 aliphatic heterocycles. The van der Waals surface area contributed by atoms with E-state index in [2.05, 4.69) is 25.9 Å². The molecule has 1 aromatic heterocycles. The van der Waals surface area contributed by atoms with Crippen molar-refractivity contribution < 1.29 is 0 Å². The van der Waals surface area contributed by atoms with Gasteiger partial charge in [-0.05, 0) is 12.8 Å². The van der Waals surface area contributed by atoms with Crippen LogP contribution in [0.25, 0.3) is 0 Å². The zero-order valence-electron chi connectivity index (χ0n) is 9.08. The highest BCUT2D eigenvalue weighted by molar-refractivity contribution is 4.79. The molecule has 2 N–H and O–H groups in total. The molecule has 1 saturated carbocycles. The lowest BCUT2D eigenvalue weighted by Gasteiger charge is -2.15. The van der Waals surface area contributed by atoms with E-state index in [-0.39, 0.29) is 0 Å². The summed E-state index contributed by atoms with van der Waals surface area (Å²) in [7, 11) is 0. The van der Waals surface area contributed by atoms with Crippen LogP contribution >= 0.6 is 0 Å². The molecule has 0 amide bonds. The monoisotopic (exact) mass is 209 g/mol. The zero-order valence-corrected chi connectivity index (χ0v) is 9.08. The molecule has 1 aliphatic rings. The van der Waals surface area contributed by atoms with E-state index < -0.39 is 0 Å². The van der Waals surface area contributed by atoms with Gasteiger partial charge >= 0.3 is 0 Å². The number of hydrogen-bond acceptors (Lipinski definition) is 4. The van der Waals surface area contributed by atoms with Crippen LogP contribution in [0.5, 0.6) is 0 Å². The van der Waals surface area contributed by atoms with Crippen LogP contribution in [-0.2, 0) is 6.42 Å². The molecule has 1 heterocycles. The average molecular weight is 209 g/mol. The van der Waals surface area contributed by atoms with E-state index in [4.69, 9.17) is 0 Å². The van der Waals surface area contributed by atoms with Crippen LogP contribution in [0.3, 0.4) is 0 Å². The molecular weight excluding hydrogens is 190 g/mol. The fraction of sp³-hybridized carbons (Fsp3) is 0.900. The van der Waals surface area contributed by atoms with Crippen molar-refractivity contribution in [3.63, 3.8) is 0 Å². The van der Waals surface area contributed by atoms with Gasteiger partial charge in [-0.15, -0.1) is 10.2 Å². The Balaban J connectivity index is 1.64. The largest absolute Gasteiger partial charge is 0.314 e. The molecular formula is C10H19N5. The molecule has 0 unspecified atom stereocenters. The lowest BCUT2D eigenvalue weighted by atomic mass is 10.1. The maximum absolute atomic E-state index is 3.93. The Bertz CT molecular complexity index is 251. The van der Waals surface area contributed by atoms with Crippen molar-refractivity contribution in [1.29, 1.82) is 0 Å². The van der Waals surface area contributed by atoms with E-state index in [1.807, 2.05) is 0 Å². The quantitative estimate of drug-likeness (QED) is 0.727. The van der Waals surface area contributed by atoms with Gasteiger partial charge in [0.15, 0.2) is 5.82 Å². The second kappa shape index (κ2) is 5.80. The topological polar surface area (TPSA) is 66.5 Å². The number of H-pyrrole nitrogens is 1. The van der Waals surface area contributed by atoms with Gasteiger partial charge in [-0.2, -0.15) is 5.21 Å². The second-order valence-electron chi connectivity index (χ2n) is 4.22. The van der Waals surface area contributed by atoms with E-state index in [1.165, 1.54) is 38.5 Å². The molecule has 1 aliphatic carbocycles. The third-order valence-corrected chi connectivity index (χ3v) is 3.03. The van der Waals surface area contributed by atoms with Crippen molar-refractivity contribution in [1.82, 2.24) is 25.9 Å². The molecule has 5 nitrogen and oxygen atoms in total. The van der Waals surface area contributed by atoms with Gasteiger partial charge in [0.05, 0.1) is 0 Å². The molecule has 0 spiro atoms. The number of aromatic nitrogens is 4. The highest BCUT2D eigenvalue weighted by atomic mass is 15.5. The Labute approximate surface area is 90.0 Å². The predicted molar refractivity (Wildman–Crippen MR) is 57.4 cm³/mol. The van der Waals surface area contributed by atoms with E-state index in [1.54, 1.807) is 0 Å². The van der Waals surface area contributed by atoms with E-state index in [0.717, 1.165) is 18.8 Å². The molecule has 1 fully saturated rings. The van der Waals surface area contributed by atoms with E-state index in [0.29, 0.717) is 6.04 Å². The summed E-state index contributed by atoms with van der Waals surface area (Å²) in [5, 5.41) is 17.4. The number of hydrogen-bond donors (Lipinski definition) is 2. The van der Waals surface area contributed by atoms with Crippen LogP contribution in [-0.4, -0.2) is 33.2 Å². The van der Waals surface area contributed by atoms with Crippen molar-refractivity contribution >= 4 is 0 Å². The van der Waals surface area contributed by atoms with Gasteiger partial charge < -0.3 is 5.32 Å². The summed E-state index contributed by atoms with van der Waals surface area (Å²) < 4.78 is 0. The maximum Gasteiger partial charge on any atom is 0.175 e. The predicted octanol–water partition coefficient (Wildman–Crippen LogP) is 1.05. The third kappa shape index (κ3) is 3.58. The van der Waals surface area contributed by atoms with Crippen LogP contribution in [0.4, 0.5) is 0 Å². The minimum Gasteiger partial charge on any atom is -0.314 e. The molecule has 0 saturated heterocycles. The Morgan fingerprint density at radius 3 is 2.67 bits per heavy atom. The van der Waals surface area contributed by atoms with Crippen molar-refractivity contribution in [2.45, 2.75) is 51.0 Å². The zero-order chi connectivity index (χ0) is 10.3. The van der Waals surface area contributed by atoms with Gasteiger partial charge in [-0.25, -0.2) is 0 Å². The first-order valence-corrected chi connectivity index (χ1v) is 5.91. The Hall–Kier alpha value is -0.970. The summed E-state index contributed by atoms with van der Waals surface area (Å²) >= 11 is 0.